The van der Waals surface area contributed by atoms with Gasteiger partial charge in [-0.05, 0) is 0 Å². The number of urea groups is 1. The van der Waals surface area contributed by atoms with E-state index in [-0.39, 0.29) is 6.42 Å². The monoisotopic (exact) mass is 280 g/mol. The van der Waals surface area contributed by atoms with Crippen LogP contribution in [0.15, 0.2) is 0 Å². The Morgan fingerprint density at radius 2 is 2.21 bits per heavy atom. The summed E-state index contributed by atoms with van der Waals surface area (Å²) in [5.74, 6) is -1.11. The zero-order chi connectivity index (χ0) is 14.2. The number of imide groups is 1. The van der Waals surface area contributed by atoms with Gasteiger partial charge in [0.1, 0.15) is 18.5 Å². The van der Waals surface area contributed by atoms with Crippen LogP contribution in [0.1, 0.15) is 6.42 Å². The normalized spacial score (nSPS) is 39.6. The molecule has 19 heavy (non-hydrogen) atoms. The molecular formula is C10H14F2N2O5. The molecular weight excluding hydrogens is 266 g/mol. The van der Waals surface area contributed by atoms with Crippen molar-refractivity contribution in [3.8, 4) is 0 Å². The summed E-state index contributed by atoms with van der Waals surface area (Å²) in [6.45, 7) is -0.553. The summed E-state index contributed by atoms with van der Waals surface area (Å²) in [6.07, 6.45) is -7.43. The average molecular weight is 280 g/mol. The fraction of sp³-hybridized carbons (Fsp3) is 0.800. The van der Waals surface area contributed by atoms with Gasteiger partial charge in [-0.2, -0.15) is 0 Å². The predicted molar refractivity (Wildman–Crippen MR) is 56.3 cm³/mol. The molecule has 0 aromatic rings. The number of nitrogens with zero attached hydrogens (tertiary/aromatic N) is 1. The maximum Gasteiger partial charge on any atom is 0.328 e. The van der Waals surface area contributed by atoms with Crippen LogP contribution < -0.4 is 5.32 Å². The number of rotatable bonds is 3. The molecule has 2 heterocycles. The maximum atomic E-state index is 13.7. The topological polar surface area (TPSA) is 88.1 Å². The first-order valence-electron chi connectivity index (χ1n) is 5.70. The molecule has 0 aromatic carbocycles. The average Bonchev–Trinajstić information content (AvgIpc) is 2.74. The SMILES string of the molecule is COC1C(F)C(=O)NC(=O)N1[C@H]1C[C@H](F)[C@@H](CO)O1. The minimum absolute atomic E-state index is 0.223. The Hall–Kier alpha value is -1.32. The van der Waals surface area contributed by atoms with E-state index in [1.54, 1.807) is 5.32 Å². The van der Waals surface area contributed by atoms with Crippen molar-refractivity contribution < 1.29 is 33.0 Å². The van der Waals surface area contributed by atoms with Gasteiger partial charge in [-0.3, -0.25) is 15.0 Å². The van der Waals surface area contributed by atoms with Gasteiger partial charge in [0.2, 0.25) is 6.17 Å². The van der Waals surface area contributed by atoms with Gasteiger partial charge in [-0.15, -0.1) is 0 Å². The first-order chi connectivity index (χ1) is 8.99. The van der Waals surface area contributed by atoms with Gasteiger partial charge in [0.25, 0.3) is 5.91 Å². The molecule has 0 aliphatic carbocycles. The van der Waals surface area contributed by atoms with Crippen LogP contribution in [0.25, 0.3) is 0 Å². The quantitative estimate of drug-likeness (QED) is 0.713. The van der Waals surface area contributed by atoms with Crippen molar-refractivity contribution in [1.82, 2.24) is 10.2 Å². The Labute approximate surface area is 107 Å². The molecule has 0 saturated carbocycles. The van der Waals surface area contributed by atoms with E-state index in [2.05, 4.69) is 0 Å². The summed E-state index contributed by atoms with van der Waals surface area (Å²) in [6, 6.07) is -0.915. The van der Waals surface area contributed by atoms with Crippen molar-refractivity contribution >= 4 is 11.9 Å². The third-order valence-electron chi connectivity index (χ3n) is 3.13. The van der Waals surface area contributed by atoms with E-state index in [0.29, 0.717) is 0 Å². The zero-order valence-corrected chi connectivity index (χ0v) is 10.1. The van der Waals surface area contributed by atoms with E-state index in [4.69, 9.17) is 14.6 Å². The molecule has 5 atom stereocenters. The van der Waals surface area contributed by atoms with Crippen LogP contribution >= 0.6 is 0 Å². The van der Waals surface area contributed by atoms with E-state index in [1.165, 1.54) is 0 Å². The Balaban J connectivity index is 2.17. The second kappa shape index (κ2) is 5.35. The number of ether oxygens (including phenoxy) is 2. The number of aliphatic hydroxyl groups excluding tert-OH is 1. The van der Waals surface area contributed by atoms with Gasteiger partial charge in [0.05, 0.1) is 6.61 Å². The summed E-state index contributed by atoms with van der Waals surface area (Å²) in [7, 11) is 1.13. The number of hydrogen-bond acceptors (Lipinski definition) is 5. The Morgan fingerprint density at radius 1 is 1.53 bits per heavy atom. The standard InChI is InChI=1S/C10H14F2N2O5/c1-18-9-7(12)8(16)13-10(17)14(9)6-2-4(11)5(3-15)19-6/h4-7,9,15H,2-3H2,1H3,(H,13,16,17)/t4-,5+,6+,7?,9?/m0/s1. The number of aliphatic hydroxyl groups is 1. The third kappa shape index (κ3) is 2.40. The summed E-state index contributed by atoms with van der Waals surface area (Å²) in [4.78, 5) is 23.6. The molecule has 7 nitrogen and oxygen atoms in total. The molecule has 0 bridgehead atoms. The summed E-state index contributed by atoms with van der Waals surface area (Å²) < 4.78 is 37.1. The number of amides is 3. The second-order valence-corrected chi connectivity index (χ2v) is 4.29. The van der Waals surface area contributed by atoms with Gasteiger partial charge in [-0.25, -0.2) is 13.6 Å². The Morgan fingerprint density at radius 3 is 2.74 bits per heavy atom. The van der Waals surface area contributed by atoms with E-state index < -0.39 is 49.4 Å². The van der Waals surface area contributed by atoms with Gasteiger partial charge < -0.3 is 14.6 Å². The highest BCUT2D eigenvalue weighted by molar-refractivity contribution is 5.99. The smallest absolute Gasteiger partial charge is 0.328 e. The highest BCUT2D eigenvalue weighted by atomic mass is 19.1. The number of carbonyl (C=O) groups excluding carboxylic acids is 2. The van der Waals surface area contributed by atoms with Gasteiger partial charge in [0.15, 0.2) is 6.23 Å². The molecule has 0 spiro atoms. The summed E-state index contributed by atoms with van der Waals surface area (Å²) in [5, 5.41) is 10.7. The number of hydrogen-bond donors (Lipinski definition) is 2. The van der Waals surface area contributed by atoms with Gasteiger partial charge >= 0.3 is 6.03 Å². The summed E-state index contributed by atoms with van der Waals surface area (Å²) >= 11 is 0. The van der Waals surface area contributed by atoms with E-state index >= 15 is 0 Å². The lowest BCUT2D eigenvalue weighted by Gasteiger charge is -2.38. The van der Waals surface area contributed by atoms with E-state index in [1.807, 2.05) is 0 Å². The highest BCUT2D eigenvalue weighted by Crippen LogP contribution is 2.29. The largest absolute Gasteiger partial charge is 0.394 e. The van der Waals surface area contributed by atoms with E-state index in [0.717, 1.165) is 12.0 Å². The van der Waals surface area contributed by atoms with Crippen LogP contribution in [-0.2, 0) is 14.3 Å². The first-order valence-corrected chi connectivity index (χ1v) is 5.70. The number of halogens is 2. The Bertz CT molecular complexity index is 383. The zero-order valence-electron chi connectivity index (χ0n) is 10.1. The first kappa shape index (κ1) is 14.1. The van der Waals surface area contributed by atoms with Crippen molar-refractivity contribution in [2.75, 3.05) is 13.7 Å². The van der Waals surface area contributed by atoms with Crippen molar-refractivity contribution in [1.29, 1.82) is 0 Å². The minimum Gasteiger partial charge on any atom is -0.394 e. The number of methoxy groups -OCH3 is 1. The van der Waals surface area contributed by atoms with Crippen LogP contribution in [0.4, 0.5) is 13.6 Å². The van der Waals surface area contributed by atoms with Crippen LogP contribution in [0.5, 0.6) is 0 Å². The molecule has 3 amide bonds. The second-order valence-electron chi connectivity index (χ2n) is 4.29. The molecule has 2 saturated heterocycles. The molecule has 0 aromatic heterocycles. The molecule has 2 fully saturated rings. The molecule has 2 unspecified atom stereocenters. The minimum atomic E-state index is -2.09. The molecule has 9 heteroatoms. The fourth-order valence-electron chi connectivity index (χ4n) is 2.18. The number of carbonyl (C=O) groups is 2. The number of alkyl halides is 2. The third-order valence-corrected chi connectivity index (χ3v) is 3.13. The highest BCUT2D eigenvalue weighted by Gasteiger charge is 2.49. The van der Waals surface area contributed by atoms with Gasteiger partial charge in [-0.1, -0.05) is 0 Å². The van der Waals surface area contributed by atoms with Crippen molar-refractivity contribution in [3.63, 3.8) is 0 Å². The molecule has 108 valence electrons. The van der Waals surface area contributed by atoms with E-state index in [9.17, 15) is 18.4 Å². The van der Waals surface area contributed by atoms with Crippen molar-refractivity contribution in [2.45, 2.75) is 37.3 Å². The molecule has 0 radical (unpaired) electrons. The number of nitrogens with one attached hydrogen (secondary N) is 1. The van der Waals surface area contributed by atoms with Crippen LogP contribution in [0, 0.1) is 0 Å². The fourth-order valence-corrected chi connectivity index (χ4v) is 2.18. The van der Waals surface area contributed by atoms with Crippen LogP contribution in [0.2, 0.25) is 0 Å². The molecule has 2 aliphatic heterocycles. The van der Waals surface area contributed by atoms with Crippen LogP contribution in [0.3, 0.4) is 0 Å². The lowest BCUT2D eigenvalue weighted by Crippen LogP contribution is -2.64. The Kier molecular flexibility index (Phi) is 3.97. The lowest BCUT2D eigenvalue weighted by atomic mass is 10.1. The molecule has 2 aliphatic rings. The molecule has 2 N–H and O–H groups in total. The molecule has 2 rings (SSSR count). The predicted octanol–water partition coefficient (Wildman–Crippen LogP) is -0.706. The van der Waals surface area contributed by atoms with Crippen molar-refractivity contribution in [2.24, 2.45) is 0 Å². The van der Waals surface area contributed by atoms with Gasteiger partial charge in [0, 0.05) is 13.5 Å². The summed E-state index contributed by atoms with van der Waals surface area (Å²) in [5.41, 5.74) is 0. The lowest BCUT2D eigenvalue weighted by molar-refractivity contribution is -0.164. The van der Waals surface area contributed by atoms with Crippen LogP contribution in [-0.4, -0.2) is 66.6 Å². The van der Waals surface area contributed by atoms with Crippen molar-refractivity contribution in [3.05, 3.63) is 0 Å². The maximum absolute atomic E-state index is 13.7.